The number of anilines is 1. The lowest BCUT2D eigenvalue weighted by Gasteiger charge is -2.35. The standard InChI is InChI=1S/C15H20N2O2/c1-4-11(3)14-15(19)17(9-13(18)16-14)12-7-5-6-10(2)8-12/h5-8,11,14H,4,9H2,1-3H3,(H,16,18). The Bertz CT molecular complexity index is 499. The Morgan fingerprint density at radius 1 is 1.42 bits per heavy atom. The molecule has 0 spiro atoms. The van der Waals surface area contributed by atoms with Crippen LogP contribution in [-0.2, 0) is 9.59 Å². The van der Waals surface area contributed by atoms with Crippen molar-refractivity contribution in [3.05, 3.63) is 29.8 Å². The molecule has 0 saturated carbocycles. The minimum Gasteiger partial charge on any atom is -0.342 e. The molecule has 0 aromatic heterocycles. The van der Waals surface area contributed by atoms with Crippen LogP contribution in [0.25, 0.3) is 0 Å². The van der Waals surface area contributed by atoms with Crippen molar-refractivity contribution in [3.8, 4) is 0 Å². The molecule has 1 aromatic carbocycles. The molecule has 4 heteroatoms. The van der Waals surface area contributed by atoms with Crippen LogP contribution in [0.2, 0.25) is 0 Å². The maximum absolute atomic E-state index is 12.5. The minimum absolute atomic E-state index is 0.0143. The first-order valence-corrected chi connectivity index (χ1v) is 6.70. The first-order valence-electron chi connectivity index (χ1n) is 6.70. The molecule has 1 N–H and O–H groups in total. The van der Waals surface area contributed by atoms with Crippen molar-refractivity contribution in [2.75, 3.05) is 11.4 Å². The van der Waals surface area contributed by atoms with Gasteiger partial charge in [-0.15, -0.1) is 0 Å². The van der Waals surface area contributed by atoms with Gasteiger partial charge in [0.15, 0.2) is 0 Å². The van der Waals surface area contributed by atoms with Crippen LogP contribution in [0.15, 0.2) is 24.3 Å². The van der Waals surface area contributed by atoms with E-state index in [9.17, 15) is 9.59 Å². The summed E-state index contributed by atoms with van der Waals surface area (Å²) in [5, 5.41) is 2.80. The number of benzene rings is 1. The van der Waals surface area contributed by atoms with E-state index in [1.54, 1.807) is 4.90 Å². The highest BCUT2D eigenvalue weighted by molar-refractivity contribution is 6.06. The summed E-state index contributed by atoms with van der Waals surface area (Å²) in [6.45, 7) is 6.09. The van der Waals surface area contributed by atoms with Gasteiger partial charge < -0.3 is 10.2 Å². The second kappa shape index (κ2) is 5.43. The molecule has 0 aliphatic carbocycles. The van der Waals surface area contributed by atoms with Crippen molar-refractivity contribution in [1.29, 1.82) is 0 Å². The summed E-state index contributed by atoms with van der Waals surface area (Å²) in [6.07, 6.45) is 0.859. The van der Waals surface area contributed by atoms with Crippen molar-refractivity contribution in [3.63, 3.8) is 0 Å². The van der Waals surface area contributed by atoms with Crippen LogP contribution in [0.5, 0.6) is 0 Å². The van der Waals surface area contributed by atoms with E-state index in [2.05, 4.69) is 5.32 Å². The van der Waals surface area contributed by atoms with E-state index in [0.717, 1.165) is 17.7 Å². The van der Waals surface area contributed by atoms with Gasteiger partial charge >= 0.3 is 0 Å². The number of carbonyl (C=O) groups excluding carboxylic acids is 2. The lowest BCUT2D eigenvalue weighted by molar-refractivity contribution is -0.132. The molecular weight excluding hydrogens is 240 g/mol. The van der Waals surface area contributed by atoms with Gasteiger partial charge in [0.1, 0.15) is 12.6 Å². The van der Waals surface area contributed by atoms with E-state index >= 15 is 0 Å². The topological polar surface area (TPSA) is 49.4 Å². The van der Waals surface area contributed by atoms with Crippen LogP contribution >= 0.6 is 0 Å². The molecule has 1 aliphatic rings. The van der Waals surface area contributed by atoms with Crippen LogP contribution in [0.4, 0.5) is 5.69 Å². The lowest BCUT2D eigenvalue weighted by Crippen LogP contribution is -2.60. The van der Waals surface area contributed by atoms with E-state index in [0.29, 0.717) is 0 Å². The zero-order chi connectivity index (χ0) is 14.0. The van der Waals surface area contributed by atoms with Crippen molar-refractivity contribution in [1.82, 2.24) is 5.32 Å². The number of carbonyl (C=O) groups is 2. The number of rotatable bonds is 3. The number of piperazine rings is 1. The summed E-state index contributed by atoms with van der Waals surface area (Å²) in [7, 11) is 0. The van der Waals surface area contributed by atoms with E-state index < -0.39 is 6.04 Å². The highest BCUT2D eigenvalue weighted by atomic mass is 16.2. The average Bonchev–Trinajstić information content (AvgIpc) is 2.40. The maximum atomic E-state index is 12.5. The molecule has 0 radical (unpaired) electrons. The number of nitrogens with one attached hydrogen (secondary N) is 1. The van der Waals surface area contributed by atoms with Crippen LogP contribution in [-0.4, -0.2) is 24.4 Å². The van der Waals surface area contributed by atoms with Gasteiger partial charge in [-0.2, -0.15) is 0 Å². The minimum atomic E-state index is -0.410. The van der Waals surface area contributed by atoms with E-state index in [4.69, 9.17) is 0 Å². The monoisotopic (exact) mass is 260 g/mol. The first-order chi connectivity index (χ1) is 9.02. The summed E-state index contributed by atoms with van der Waals surface area (Å²) in [5.41, 5.74) is 1.88. The second-order valence-electron chi connectivity index (χ2n) is 5.19. The quantitative estimate of drug-likeness (QED) is 0.902. The van der Waals surface area contributed by atoms with Gasteiger partial charge in [0, 0.05) is 5.69 Å². The molecule has 1 aromatic rings. The van der Waals surface area contributed by atoms with Crippen molar-refractivity contribution in [2.24, 2.45) is 5.92 Å². The third kappa shape index (κ3) is 2.78. The Morgan fingerprint density at radius 2 is 2.16 bits per heavy atom. The normalized spacial score (nSPS) is 21.2. The molecule has 102 valence electrons. The number of hydrogen-bond donors (Lipinski definition) is 1. The first kappa shape index (κ1) is 13.6. The van der Waals surface area contributed by atoms with Crippen molar-refractivity contribution in [2.45, 2.75) is 33.2 Å². The fraction of sp³-hybridized carbons (Fsp3) is 0.467. The highest BCUT2D eigenvalue weighted by Gasteiger charge is 2.36. The van der Waals surface area contributed by atoms with E-state index in [-0.39, 0.29) is 24.3 Å². The Morgan fingerprint density at radius 3 is 2.79 bits per heavy atom. The van der Waals surface area contributed by atoms with Crippen LogP contribution in [0.3, 0.4) is 0 Å². The molecule has 19 heavy (non-hydrogen) atoms. The second-order valence-corrected chi connectivity index (χ2v) is 5.19. The number of nitrogens with zero attached hydrogens (tertiary/aromatic N) is 1. The van der Waals surface area contributed by atoms with Crippen molar-refractivity contribution < 1.29 is 9.59 Å². The average molecular weight is 260 g/mol. The Labute approximate surface area is 113 Å². The maximum Gasteiger partial charge on any atom is 0.250 e. The van der Waals surface area contributed by atoms with Gasteiger partial charge in [-0.3, -0.25) is 9.59 Å². The lowest BCUT2D eigenvalue weighted by atomic mass is 9.96. The van der Waals surface area contributed by atoms with Gasteiger partial charge in [0.2, 0.25) is 11.8 Å². The van der Waals surface area contributed by atoms with Gasteiger partial charge in [0.25, 0.3) is 0 Å². The van der Waals surface area contributed by atoms with E-state index in [1.807, 2.05) is 45.0 Å². The molecule has 4 nitrogen and oxygen atoms in total. The Kier molecular flexibility index (Phi) is 3.88. The highest BCUT2D eigenvalue weighted by Crippen LogP contribution is 2.21. The number of amides is 2. The molecule has 2 atom stereocenters. The van der Waals surface area contributed by atoms with Gasteiger partial charge in [0.05, 0.1) is 0 Å². The zero-order valence-corrected chi connectivity index (χ0v) is 11.6. The van der Waals surface area contributed by atoms with Gasteiger partial charge in [-0.05, 0) is 30.5 Å². The zero-order valence-electron chi connectivity index (χ0n) is 11.6. The molecule has 2 amide bonds. The molecule has 1 saturated heterocycles. The summed E-state index contributed by atoms with van der Waals surface area (Å²) >= 11 is 0. The van der Waals surface area contributed by atoms with E-state index in [1.165, 1.54) is 0 Å². The summed E-state index contributed by atoms with van der Waals surface area (Å²) in [5.74, 6) is 0.0371. The molecule has 1 aliphatic heterocycles. The van der Waals surface area contributed by atoms with Crippen LogP contribution in [0.1, 0.15) is 25.8 Å². The molecule has 2 rings (SSSR count). The van der Waals surface area contributed by atoms with Crippen LogP contribution in [0, 0.1) is 12.8 Å². The molecule has 2 unspecified atom stereocenters. The smallest absolute Gasteiger partial charge is 0.250 e. The Hall–Kier alpha value is -1.84. The third-order valence-corrected chi connectivity index (χ3v) is 3.68. The SMILES string of the molecule is CCC(C)C1NC(=O)CN(c2cccc(C)c2)C1=O. The Balaban J connectivity index is 2.29. The number of aryl methyl sites for hydroxylation is 1. The van der Waals surface area contributed by atoms with Crippen molar-refractivity contribution >= 4 is 17.5 Å². The molecular formula is C15H20N2O2. The predicted molar refractivity (Wildman–Crippen MR) is 74.9 cm³/mol. The third-order valence-electron chi connectivity index (χ3n) is 3.68. The summed E-state index contributed by atoms with van der Waals surface area (Å²) in [4.78, 5) is 25.9. The summed E-state index contributed by atoms with van der Waals surface area (Å²) in [6, 6.07) is 7.28. The fourth-order valence-electron chi connectivity index (χ4n) is 2.31. The largest absolute Gasteiger partial charge is 0.342 e. The van der Waals surface area contributed by atoms with Gasteiger partial charge in [-0.1, -0.05) is 32.4 Å². The number of hydrogen-bond acceptors (Lipinski definition) is 2. The van der Waals surface area contributed by atoms with Gasteiger partial charge in [-0.25, -0.2) is 0 Å². The molecule has 1 heterocycles. The van der Waals surface area contributed by atoms with Crippen LogP contribution < -0.4 is 10.2 Å². The fourth-order valence-corrected chi connectivity index (χ4v) is 2.31. The molecule has 0 bridgehead atoms. The summed E-state index contributed by atoms with van der Waals surface area (Å²) < 4.78 is 0. The predicted octanol–water partition coefficient (Wildman–Crippen LogP) is 1.87. The molecule has 1 fully saturated rings.